The van der Waals surface area contributed by atoms with E-state index in [1.165, 1.54) is 31.4 Å². The lowest BCUT2D eigenvalue weighted by molar-refractivity contribution is 0.327. The van der Waals surface area contributed by atoms with Crippen molar-refractivity contribution in [1.82, 2.24) is 20.2 Å². The maximum Gasteiger partial charge on any atom is 0.184 e. The van der Waals surface area contributed by atoms with Crippen LogP contribution in [0.15, 0.2) is 18.2 Å². The average molecular weight is 261 g/mol. The number of tetrazole rings is 1. The molecule has 2 aromatic rings. The van der Waals surface area contributed by atoms with Gasteiger partial charge in [-0.05, 0) is 41.5 Å². The fraction of sp³-hybridized carbons (Fsp3) is 0.462. The predicted molar refractivity (Wildman–Crippen MR) is 69.7 cm³/mol. The minimum absolute atomic E-state index is 0.322. The van der Waals surface area contributed by atoms with Crippen LogP contribution in [0.4, 0.5) is 10.1 Å². The van der Waals surface area contributed by atoms with Gasteiger partial charge in [-0.1, -0.05) is 19.3 Å². The van der Waals surface area contributed by atoms with E-state index in [0.29, 0.717) is 23.1 Å². The van der Waals surface area contributed by atoms with Gasteiger partial charge in [0, 0.05) is 11.3 Å². The van der Waals surface area contributed by atoms with Gasteiger partial charge in [0.05, 0.1) is 6.04 Å². The van der Waals surface area contributed by atoms with Crippen molar-refractivity contribution in [3.8, 4) is 11.4 Å². The summed E-state index contributed by atoms with van der Waals surface area (Å²) in [4.78, 5) is 0. The smallest absolute Gasteiger partial charge is 0.184 e. The first kappa shape index (κ1) is 12.1. The molecule has 0 aliphatic heterocycles. The topological polar surface area (TPSA) is 69.6 Å². The predicted octanol–water partition coefficient (Wildman–Crippen LogP) is 2.57. The second-order valence-electron chi connectivity index (χ2n) is 4.97. The van der Waals surface area contributed by atoms with Crippen LogP contribution in [0, 0.1) is 5.82 Å². The maximum atomic E-state index is 13.1. The molecular formula is C13H16FN5. The van der Waals surface area contributed by atoms with Crippen molar-refractivity contribution in [3.63, 3.8) is 0 Å². The summed E-state index contributed by atoms with van der Waals surface area (Å²) in [7, 11) is 0. The minimum atomic E-state index is -0.349. The Morgan fingerprint density at radius 3 is 2.74 bits per heavy atom. The molecule has 0 unspecified atom stereocenters. The van der Waals surface area contributed by atoms with E-state index in [4.69, 9.17) is 5.73 Å². The zero-order valence-corrected chi connectivity index (χ0v) is 10.6. The Kier molecular flexibility index (Phi) is 3.15. The molecule has 1 saturated carbocycles. The van der Waals surface area contributed by atoms with Gasteiger partial charge < -0.3 is 5.73 Å². The zero-order valence-electron chi connectivity index (χ0n) is 10.6. The molecule has 1 aromatic heterocycles. The number of hydrogen-bond acceptors (Lipinski definition) is 4. The van der Waals surface area contributed by atoms with Crippen LogP contribution in [-0.2, 0) is 0 Å². The van der Waals surface area contributed by atoms with Crippen LogP contribution in [0.5, 0.6) is 0 Å². The van der Waals surface area contributed by atoms with E-state index in [1.54, 1.807) is 6.07 Å². The number of aromatic nitrogens is 4. The van der Waals surface area contributed by atoms with Crippen molar-refractivity contribution >= 4 is 5.69 Å². The zero-order chi connectivity index (χ0) is 13.2. The van der Waals surface area contributed by atoms with Gasteiger partial charge in [-0.15, -0.1) is 5.10 Å². The Labute approximate surface area is 110 Å². The molecule has 0 bridgehead atoms. The lowest BCUT2D eigenvalue weighted by Gasteiger charge is -2.22. The summed E-state index contributed by atoms with van der Waals surface area (Å²) < 4.78 is 14.9. The Bertz CT molecular complexity index is 574. The number of halogens is 1. The maximum absolute atomic E-state index is 13.1. The first-order chi connectivity index (χ1) is 9.25. The Morgan fingerprint density at radius 2 is 2.00 bits per heavy atom. The van der Waals surface area contributed by atoms with Crippen molar-refractivity contribution in [2.75, 3.05) is 5.73 Å². The van der Waals surface area contributed by atoms with E-state index in [-0.39, 0.29) is 5.82 Å². The summed E-state index contributed by atoms with van der Waals surface area (Å²) in [6.45, 7) is 0. The second-order valence-corrected chi connectivity index (χ2v) is 4.97. The van der Waals surface area contributed by atoms with E-state index in [0.717, 1.165) is 12.8 Å². The highest BCUT2D eigenvalue weighted by molar-refractivity contribution is 5.71. The SMILES string of the molecule is Nc1cc(F)ccc1-c1nnnn1C1CCCCC1. The van der Waals surface area contributed by atoms with Crippen molar-refractivity contribution in [2.24, 2.45) is 0 Å². The monoisotopic (exact) mass is 261 g/mol. The third-order valence-corrected chi connectivity index (χ3v) is 3.67. The van der Waals surface area contributed by atoms with Crippen molar-refractivity contribution in [2.45, 2.75) is 38.1 Å². The number of nitrogens with two attached hydrogens (primary N) is 1. The van der Waals surface area contributed by atoms with Crippen LogP contribution >= 0.6 is 0 Å². The standard InChI is InChI=1S/C13H16FN5/c14-9-6-7-11(12(15)8-9)13-16-17-18-19(13)10-4-2-1-3-5-10/h6-8,10H,1-5,15H2. The molecule has 6 heteroatoms. The number of anilines is 1. The molecule has 100 valence electrons. The van der Waals surface area contributed by atoms with Crippen LogP contribution in [-0.4, -0.2) is 20.2 Å². The Morgan fingerprint density at radius 1 is 1.21 bits per heavy atom. The molecule has 0 atom stereocenters. The van der Waals surface area contributed by atoms with Gasteiger partial charge in [-0.3, -0.25) is 0 Å². The quantitative estimate of drug-likeness (QED) is 0.843. The van der Waals surface area contributed by atoms with Crippen molar-refractivity contribution in [3.05, 3.63) is 24.0 Å². The molecule has 1 aliphatic carbocycles. The second kappa shape index (κ2) is 4.95. The lowest BCUT2D eigenvalue weighted by Crippen LogP contribution is -2.15. The minimum Gasteiger partial charge on any atom is -0.398 e. The molecule has 1 aliphatic rings. The summed E-state index contributed by atoms with van der Waals surface area (Å²) in [6, 6.07) is 4.64. The van der Waals surface area contributed by atoms with Gasteiger partial charge in [0.25, 0.3) is 0 Å². The summed E-state index contributed by atoms with van der Waals surface area (Å²) in [5, 5.41) is 11.9. The average Bonchev–Trinajstić information content (AvgIpc) is 2.89. The molecule has 3 rings (SSSR count). The molecule has 1 heterocycles. The first-order valence-corrected chi connectivity index (χ1v) is 6.59. The van der Waals surface area contributed by atoms with Gasteiger partial charge in [-0.2, -0.15) is 0 Å². The largest absolute Gasteiger partial charge is 0.398 e. The van der Waals surface area contributed by atoms with Gasteiger partial charge in [-0.25, -0.2) is 9.07 Å². The third kappa shape index (κ3) is 2.30. The summed E-state index contributed by atoms with van der Waals surface area (Å²) in [5.74, 6) is 0.280. The van der Waals surface area contributed by atoms with E-state index in [9.17, 15) is 4.39 Å². The molecule has 0 radical (unpaired) electrons. The molecule has 1 fully saturated rings. The van der Waals surface area contributed by atoms with E-state index in [2.05, 4.69) is 15.5 Å². The molecule has 0 saturated heterocycles. The van der Waals surface area contributed by atoms with Gasteiger partial charge in [0.1, 0.15) is 5.82 Å². The number of hydrogen-bond donors (Lipinski definition) is 1. The fourth-order valence-corrected chi connectivity index (χ4v) is 2.68. The normalized spacial score (nSPS) is 16.7. The van der Waals surface area contributed by atoms with Gasteiger partial charge in [0.15, 0.2) is 5.82 Å². The van der Waals surface area contributed by atoms with E-state index in [1.807, 2.05) is 4.68 Å². The van der Waals surface area contributed by atoms with Crippen LogP contribution in [0.25, 0.3) is 11.4 Å². The number of rotatable bonds is 2. The van der Waals surface area contributed by atoms with Crippen LogP contribution < -0.4 is 5.73 Å². The highest BCUT2D eigenvalue weighted by Gasteiger charge is 2.21. The van der Waals surface area contributed by atoms with Gasteiger partial charge >= 0.3 is 0 Å². The molecule has 0 amide bonds. The van der Waals surface area contributed by atoms with E-state index >= 15 is 0 Å². The first-order valence-electron chi connectivity index (χ1n) is 6.59. The summed E-state index contributed by atoms with van der Waals surface area (Å²) in [6.07, 6.45) is 5.83. The summed E-state index contributed by atoms with van der Waals surface area (Å²) >= 11 is 0. The van der Waals surface area contributed by atoms with E-state index < -0.39 is 0 Å². The number of nitrogens with zero attached hydrogens (tertiary/aromatic N) is 4. The highest BCUT2D eigenvalue weighted by atomic mass is 19.1. The van der Waals surface area contributed by atoms with Crippen molar-refractivity contribution < 1.29 is 4.39 Å². The number of nitrogen functional groups attached to an aromatic ring is 1. The Balaban J connectivity index is 1.99. The molecular weight excluding hydrogens is 245 g/mol. The molecule has 5 nitrogen and oxygen atoms in total. The highest BCUT2D eigenvalue weighted by Crippen LogP contribution is 2.32. The third-order valence-electron chi connectivity index (χ3n) is 3.67. The van der Waals surface area contributed by atoms with Crippen LogP contribution in [0.1, 0.15) is 38.1 Å². The molecule has 19 heavy (non-hydrogen) atoms. The van der Waals surface area contributed by atoms with Crippen LogP contribution in [0.3, 0.4) is 0 Å². The molecule has 0 spiro atoms. The molecule has 1 aromatic carbocycles. The fourth-order valence-electron chi connectivity index (χ4n) is 2.68. The summed E-state index contributed by atoms with van der Waals surface area (Å²) in [5.41, 5.74) is 6.92. The number of benzene rings is 1. The van der Waals surface area contributed by atoms with Crippen molar-refractivity contribution in [1.29, 1.82) is 0 Å². The lowest BCUT2D eigenvalue weighted by atomic mass is 9.95. The Hall–Kier alpha value is -1.98. The molecule has 2 N–H and O–H groups in total. The van der Waals surface area contributed by atoms with Gasteiger partial charge in [0.2, 0.25) is 0 Å². The van der Waals surface area contributed by atoms with Crippen LogP contribution in [0.2, 0.25) is 0 Å².